The molecule has 0 radical (unpaired) electrons. The van der Waals surface area contributed by atoms with E-state index in [9.17, 15) is 18.0 Å². The molecule has 7 nitrogen and oxygen atoms in total. The van der Waals surface area contributed by atoms with E-state index in [0.29, 0.717) is 12.3 Å². The van der Waals surface area contributed by atoms with Gasteiger partial charge in [-0.05, 0) is 25.1 Å². The average Bonchev–Trinajstić information content (AvgIpc) is 3.05. The highest BCUT2D eigenvalue weighted by atomic mass is 32.2. The van der Waals surface area contributed by atoms with E-state index in [4.69, 9.17) is 5.11 Å². The summed E-state index contributed by atoms with van der Waals surface area (Å²) in [4.78, 5) is 22.5. The third-order valence-corrected chi connectivity index (χ3v) is 5.88. The van der Waals surface area contributed by atoms with Crippen LogP contribution in [0.15, 0.2) is 47.6 Å². The highest BCUT2D eigenvalue weighted by molar-refractivity contribution is 7.99. The third-order valence-electron chi connectivity index (χ3n) is 3.28. The molecule has 1 amide bonds. The number of amides is 1. The first kappa shape index (κ1) is 19.1. The van der Waals surface area contributed by atoms with Gasteiger partial charge in [0.05, 0.1) is 16.2 Å². The summed E-state index contributed by atoms with van der Waals surface area (Å²) in [6.45, 7) is 2.16. The lowest BCUT2D eigenvalue weighted by Crippen LogP contribution is -2.25. The van der Waals surface area contributed by atoms with E-state index in [2.05, 4.69) is 5.32 Å². The molecule has 2 rings (SSSR count). The molecule has 0 aliphatic carbocycles. The number of hydrogen-bond donors (Lipinski definition) is 2. The highest BCUT2D eigenvalue weighted by Crippen LogP contribution is 2.16. The van der Waals surface area contributed by atoms with Crippen LogP contribution >= 0.6 is 11.8 Å². The van der Waals surface area contributed by atoms with Crippen LogP contribution in [-0.4, -0.2) is 47.4 Å². The number of aryl methyl sites for hydroxylation is 1. The van der Waals surface area contributed by atoms with Gasteiger partial charge in [-0.3, -0.25) is 9.59 Å². The quantitative estimate of drug-likeness (QED) is 0.672. The molecule has 0 aliphatic heterocycles. The fourth-order valence-electron chi connectivity index (χ4n) is 1.99. The zero-order valence-electron chi connectivity index (χ0n) is 13.5. The Morgan fingerprint density at radius 2 is 1.88 bits per heavy atom. The summed E-state index contributed by atoms with van der Waals surface area (Å²) in [5.41, 5.74) is 1.17. The molecule has 2 aromatic rings. The molecule has 1 heterocycles. The summed E-state index contributed by atoms with van der Waals surface area (Å²) in [7, 11) is -3.74. The first-order valence-electron chi connectivity index (χ1n) is 7.38. The number of benzene rings is 1. The number of hydrogen-bond acceptors (Lipinski definition) is 5. The lowest BCUT2D eigenvalue weighted by atomic mass is 10.2. The van der Waals surface area contributed by atoms with Gasteiger partial charge in [-0.1, -0.05) is 17.7 Å². The van der Waals surface area contributed by atoms with Gasteiger partial charge in [-0.15, -0.1) is 11.8 Å². The van der Waals surface area contributed by atoms with Crippen LogP contribution in [0.4, 0.5) is 0 Å². The Bertz CT molecular complexity index is 857. The van der Waals surface area contributed by atoms with E-state index in [0.717, 1.165) is 9.54 Å². The van der Waals surface area contributed by atoms with Gasteiger partial charge in [0.2, 0.25) is 0 Å². The molecule has 0 spiro atoms. The summed E-state index contributed by atoms with van der Waals surface area (Å²) in [5.74, 6) is -0.884. The van der Waals surface area contributed by atoms with Crippen molar-refractivity contribution in [1.82, 2.24) is 9.29 Å². The number of aromatic nitrogens is 1. The van der Waals surface area contributed by atoms with Crippen LogP contribution < -0.4 is 5.32 Å². The van der Waals surface area contributed by atoms with Crippen LogP contribution in [0, 0.1) is 6.92 Å². The molecule has 0 saturated heterocycles. The predicted octanol–water partition coefficient (Wildman–Crippen LogP) is 1.58. The molecule has 9 heteroatoms. The molecule has 0 aliphatic rings. The van der Waals surface area contributed by atoms with Crippen LogP contribution in [0.3, 0.4) is 0 Å². The first-order valence-corrected chi connectivity index (χ1v) is 9.98. The average molecular weight is 382 g/mol. The Morgan fingerprint density at radius 3 is 2.52 bits per heavy atom. The summed E-state index contributed by atoms with van der Waals surface area (Å²) >= 11 is 1.19. The van der Waals surface area contributed by atoms with E-state index in [1.807, 2.05) is 6.92 Å². The number of carboxylic acids is 1. The molecule has 1 aromatic heterocycles. The minimum atomic E-state index is -3.74. The molecule has 0 fully saturated rings. The number of carbonyl (C=O) groups is 2. The topological polar surface area (TPSA) is 105 Å². The second-order valence-corrected chi connectivity index (χ2v) is 8.20. The lowest BCUT2D eigenvalue weighted by Gasteiger charge is -2.06. The van der Waals surface area contributed by atoms with Crippen molar-refractivity contribution in [3.8, 4) is 0 Å². The second kappa shape index (κ2) is 8.21. The van der Waals surface area contributed by atoms with E-state index >= 15 is 0 Å². The van der Waals surface area contributed by atoms with E-state index < -0.39 is 21.9 Å². The predicted molar refractivity (Wildman–Crippen MR) is 95.5 cm³/mol. The summed E-state index contributed by atoms with van der Waals surface area (Å²) < 4.78 is 26.0. The van der Waals surface area contributed by atoms with E-state index in [-0.39, 0.29) is 16.2 Å². The maximum absolute atomic E-state index is 12.5. The Labute approximate surface area is 150 Å². The van der Waals surface area contributed by atoms with Crippen LogP contribution in [0.25, 0.3) is 0 Å². The number of nitrogens with one attached hydrogen (secondary N) is 1. The molecule has 0 unspecified atom stereocenters. The summed E-state index contributed by atoms with van der Waals surface area (Å²) in [6, 6.07) is 7.87. The smallest absolute Gasteiger partial charge is 0.313 e. The van der Waals surface area contributed by atoms with Crippen molar-refractivity contribution in [2.75, 3.05) is 18.1 Å². The molecule has 0 saturated carbocycles. The Morgan fingerprint density at radius 1 is 1.20 bits per heavy atom. The summed E-state index contributed by atoms with van der Waals surface area (Å²) in [6.07, 6.45) is 2.58. The van der Waals surface area contributed by atoms with Crippen molar-refractivity contribution >= 4 is 33.7 Å². The standard InChI is InChI=1S/C16H18N2O5S2/c1-12-2-4-14(5-3-12)25(22,23)18-8-6-13(10-18)16(21)17-7-9-24-11-15(19)20/h2-6,8,10H,7,9,11H2,1H3,(H,17,21)(H,19,20). The van der Waals surface area contributed by atoms with Crippen molar-refractivity contribution in [2.45, 2.75) is 11.8 Å². The Kier molecular flexibility index (Phi) is 6.27. The molecular formula is C16H18N2O5S2. The van der Waals surface area contributed by atoms with Gasteiger partial charge in [0.25, 0.3) is 15.9 Å². The van der Waals surface area contributed by atoms with Crippen LogP contribution in [0.5, 0.6) is 0 Å². The molecule has 1 aromatic carbocycles. The number of carboxylic acid groups (broad SMARTS) is 1. The van der Waals surface area contributed by atoms with Gasteiger partial charge in [0, 0.05) is 24.7 Å². The van der Waals surface area contributed by atoms with Crippen molar-refractivity contribution in [3.63, 3.8) is 0 Å². The number of carbonyl (C=O) groups excluding carboxylic acids is 1. The first-order chi connectivity index (χ1) is 11.8. The maximum atomic E-state index is 12.5. The Hall–Kier alpha value is -2.26. The fourth-order valence-corrected chi connectivity index (χ4v) is 3.75. The van der Waals surface area contributed by atoms with Gasteiger partial charge in [-0.2, -0.15) is 0 Å². The maximum Gasteiger partial charge on any atom is 0.313 e. The summed E-state index contributed by atoms with van der Waals surface area (Å²) in [5, 5.41) is 11.1. The largest absolute Gasteiger partial charge is 0.481 e. The van der Waals surface area contributed by atoms with Gasteiger partial charge < -0.3 is 10.4 Å². The third kappa shape index (κ3) is 5.10. The molecule has 2 N–H and O–H groups in total. The van der Waals surface area contributed by atoms with Crippen LogP contribution in [-0.2, 0) is 14.8 Å². The minimum absolute atomic E-state index is 0.0267. The van der Waals surface area contributed by atoms with Crippen LogP contribution in [0.2, 0.25) is 0 Å². The van der Waals surface area contributed by atoms with Crippen LogP contribution in [0.1, 0.15) is 15.9 Å². The lowest BCUT2D eigenvalue weighted by molar-refractivity contribution is -0.133. The monoisotopic (exact) mass is 382 g/mol. The normalized spacial score (nSPS) is 11.2. The van der Waals surface area contributed by atoms with Crippen molar-refractivity contribution in [2.24, 2.45) is 0 Å². The SMILES string of the molecule is Cc1ccc(S(=O)(=O)n2ccc(C(=O)NCCSCC(=O)O)c2)cc1. The molecule has 0 atom stereocenters. The number of thioether (sulfide) groups is 1. The van der Waals surface area contributed by atoms with Crippen molar-refractivity contribution in [3.05, 3.63) is 53.9 Å². The Balaban J connectivity index is 2.00. The van der Waals surface area contributed by atoms with E-state index in [1.54, 1.807) is 12.1 Å². The molecule has 134 valence electrons. The number of rotatable bonds is 8. The second-order valence-electron chi connectivity index (χ2n) is 5.25. The zero-order valence-corrected chi connectivity index (χ0v) is 15.1. The molecule has 25 heavy (non-hydrogen) atoms. The molecular weight excluding hydrogens is 364 g/mol. The van der Waals surface area contributed by atoms with Crippen molar-refractivity contribution in [1.29, 1.82) is 0 Å². The van der Waals surface area contributed by atoms with Crippen molar-refractivity contribution < 1.29 is 23.1 Å². The van der Waals surface area contributed by atoms with Gasteiger partial charge >= 0.3 is 5.97 Å². The van der Waals surface area contributed by atoms with E-state index in [1.165, 1.54) is 42.4 Å². The van der Waals surface area contributed by atoms with Gasteiger partial charge in [-0.25, -0.2) is 12.4 Å². The zero-order chi connectivity index (χ0) is 18.4. The number of nitrogens with zero attached hydrogens (tertiary/aromatic N) is 1. The fraction of sp³-hybridized carbons (Fsp3) is 0.250. The number of aliphatic carboxylic acids is 1. The van der Waals surface area contributed by atoms with Gasteiger partial charge in [0.15, 0.2) is 0 Å². The molecule has 0 bridgehead atoms. The minimum Gasteiger partial charge on any atom is -0.481 e. The van der Waals surface area contributed by atoms with Gasteiger partial charge in [0.1, 0.15) is 0 Å². The highest BCUT2D eigenvalue weighted by Gasteiger charge is 2.18.